The lowest BCUT2D eigenvalue weighted by molar-refractivity contribution is -0.150. The third kappa shape index (κ3) is 2.50. The fourth-order valence-corrected chi connectivity index (χ4v) is 2.61. The number of nitrogens with one attached hydrogen (secondary N) is 1. The van der Waals surface area contributed by atoms with Gasteiger partial charge < -0.3 is 10.0 Å². The summed E-state index contributed by atoms with van der Waals surface area (Å²) in [5.74, 6) is -0.888. The van der Waals surface area contributed by atoms with Crippen molar-refractivity contribution in [1.82, 2.24) is 19.7 Å². The Kier molecular flexibility index (Phi) is 3.65. The zero-order chi connectivity index (χ0) is 14.0. The van der Waals surface area contributed by atoms with E-state index in [1.54, 1.807) is 0 Å². The number of hydrogen-bond acceptors (Lipinski definition) is 6. The maximum Gasteiger partial charge on any atom is 0.323 e. The number of hydrogen-bond donors (Lipinski definition) is 2. The van der Waals surface area contributed by atoms with Crippen LogP contribution in [0.5, 0.6) is 0 Å². The highest BCUT2D eigenvalue weighted by Crippen LogP contribution is 2.38. The van der Waals surface area contributed by atoms with Crippen LogP contribution >= 0.6 is 11.5 Å². The molecule has 2 N–H and O–H groups in total. The largest absolute Gasteiger partial charge is 0.481 e. The summed E-state index contributed by atoms with van der Waals surface area (Å²) in [5.41, 5.74) is -0.864. The zero-order valence-corrected chi connectivity index (χ0v) is 11.5. The summed E-state index contributed by atoms with van der Waals surface area (Å²) < 4.78 is 3.54. The van der Waals surface area contributed by atoms with Gasteiger partial charge in [-0.25, -0.2) is 4.79 Å². The van der Waals surface area contributed by atoms with Crippen LogP contribution < -0.4 is 5.32 Å². The first-order chi connectivity index (χ1) is 8.95. The van der Waals surface area contributed by atoms with Gasteiger partial charge in [-0.05, 0) is 17.6 Å². The summed E-state index contributed by atoms with van der Waals surface area (Å²) in [5, 5.41) is 19.3. The van der Waals surface area contributed by atoms with Crippen molar-refractivity contribution in [3.63, 3.8) is 0 Å². The molecule has 0 bridgehead atoms. The summed E-state index contributed by atoms with van der Waals surface area (Å²) in [6.45, 7) is 4.36. The fraction of sp³-hybridized carbons (Fsp3) is 0.700. The topological polar surface area (TPSA) is 108 Å². The quantitative estimate of drug-likeness (QED) is 0.854. The van der Waals surface area contributed by atoms with Gasteiger partial charge in [0.2, 0.25) is 5.13 Å². The average molecular weight is 285 g/mol. The number of amides is 2. The predicted molar refractivity (Wildman–Crippen MR) is 67.8 cm³/mol. The number of nitrogens with zero attached hydrogens (tertiary/aromatic N) is 4. The highest BCUT2D eigenvalue weighted by molar-refractivity contribution is 7.09. The molecule has 8 nitrogen and oxygen atoms in total. The minimum absolute atomic E-state index is 0.0361. The van der Waals surface area contributed by atoms with E-state index in [1.807, 2.05) is 13.8 Å². The van der Waals surface area contributed by atoms with Gasteiger partial charge in [-0.1, -0.05) is 23.4 Å². The van der Waals surface area contributed by atoms with E-state index in [9.17, 15) is 14.7 Å². The average Bonchev–Trinajstić information content (AvgIpc) is 2.97. The summed E-state index contributed by atoms with van der Waals surface area (Å²) in [4.78, 5) is 24.9. The van der Waals surface area contributed by atoms with E-state index in [1.165, 1.54) is 4.90 Å². The predicted octanol–water partition coefficient (Wildman–Crippen LogP) is 0.898. The number of likely N-dealkylation sites (tertiary alicyclic amines) is 1. The van der Waals surface area contributed by atoms with Crippen molar-refractivity contribution >= 4 is 28.7 Å². The second kappa shape index (κ2) is 5.08. The lowest BCUT2D eigenvalue weighted by Gasteiger charge is -2.28. The van der Waals surface area contributed by atoms with Crippen LogP contribution in [-0.4, -0.2) is 49.9 Å². The fourth-order valence-electron chi connectivity index (χ4n) is 2.25. The SMILES string of the molecule is CC(C)C1(C(=O)O)CCN(C(=O)Nc2nnns2)C1. The maximum atomic E-state index is 12.0. The minimum atomic E-state index is -0.864. The lowest BCUT2D eigenvalue weighted by Crippen LogP contribution is -2.41. The molecular weight excluding hydrogens is 270 g/mol. The van der Waals surface area contributed by atoms with Gasteiger partial charge in [-0.2, -0.15) is 0 Å². The van der Waals surface area contributed by atoms with Gasteiger partial charge in [-0.3, -0.25) is 10.1 Å². The molecule has 1 aromatic rings. The van der Waals surface area contributed by atoms with E-state index in [-0.39, 0.29) is 18.5 Å². The van der Waals surface area contributed by atoms with Crippen molar-refractivity contribution in [3.8, 4) is 0 Å². The summed E-state index contributed by atoms with van der Waals surface area (Å²) in [6, 6.07) is -0.359. The molecular formula is C10H15N5O3S. The van der Waals surface area contributed by atoms with Gasteiger partial charge in [0.05, 0.1) is 5.41 Å². The van der Waals surface area contributed by atoms with Gasteiger partial charge in [0.15, 0.2) is 0 Å². The van der Waals surface area contributed by atoms with Gasteiger partial charge in [0.25, 0.3) is 0 Å². The van der Waals surface area contributed by atoms with E-state index < -0.39 is 11.4 Å². The van der Waals surface area contributed by atoms with E-state index in [0.717, 1.165) is 11.5 Å². The van der Waals surface area contributed by atoms with Crippen LogP contribution in [0.15, 0.2) is 0 Å². The van der Waals surface area contributed by atoms with Gasteiger partial charge in [0.1, 0.15) is 0 Å². The van der Waals surface area contributed by atoms with Gasteiger partial charge >= 0.3 is 12.0 Å². The number of carboxylic acid groups (broad SMARTS) is 1. The number of anilines is 1. The normalized spacial score (nSPS) is 22.8. The Labute approximate surface area is 114 Å². The highest BCUT2D eigenvalue weighted by atomic mass is 32.1. The van der Waals surface area contributed by atoms with Crippen LogP contribution in [0, 0.1) is 11.3 Å². The van der Waals surface area contributed by atoms with Crippen LogP contribution in [0.25, 0.3) is 0 Å². The monoisotopic (exact) mass is 285 g/mol. The molecule has 1 aliphatic heterocycles. The Bertz CT molecular complexity index is 478. The molecule has 0 aliphatic carbocycles. The third-order valence-corrected chi connectivity index (χ3v) is 4.14. The van der Waals surface area contributed by atoms with Crippen LogP contribution in [0.1, 0.15) is 20.3 Å². The van der Waals surface area contributed by atoms with Crippen LogP contribution in [0.3, 0.4) is 0 Å². The highest BCUT2D eigenvalue weighted by Gasteiger charge is 2.48. The van der Waals surface area contributed by atoms with Gasteiger partial charge in [0, 0.05) is 24.6 Å². The Morgan fingerprint density at radius 1 is 1.53 bits per heavy atom. The Morgan fingerprint density at radius 3 is 2.74 bits per heavy atom. The Balaban J connectivity index is 2.05. The van der Waals surface area contributed by atoms with E-state index >= 15 is 0 Å². The number of carbonyl (C=O) groups is 2. The molecule has 19 heavy (non-hydrogen) atoms. The zero-order valence-electron chi connectivity index (χ0n) is 10.7. The summed E-state index contributed by atoms with van der Waals surface area (Å²) in [7, 11) is 0. The molecule has 1 fully saturated rings. The molecule has 2 rings (SSSR count). The Hall–Kier alpha value is -1.77. The molecule has 0 radical (unpaired) electrons. The summed E-state index contributed by atoms with van der Waals surface area (Å²) in [6.07, 6.45) is 0.460. The first-order valence-corrected chi connectivity index (χ1v) is 6.67. The maximum absolute atomic E-state index is 12.0. The molecule has 1 saturated heterocycles. The van der Waals surface area contributed by atoms with Gasteiger partial charge in [-0.15, -0.1) is 0 Å². The number of urea groups is 1. The molecule has 104 valence electrons. The third-order valence-electron chi connectivity index (χ3n) is 3.63. The first kappa shape index (κ1) is 13.7. The van der Waals surface area contributed by atoms with Crippen molar-refractivity contribution in [1.29, 1.82) is 0 Å². The van der Waals surface area contributed by atoms with Crippen molar-refractivity contribution in [2.45, 2.75) is 20.3 Å². The molecule has 0 aromatic carbocycles. The molecule has 0 saturated carbocycles. The lowest BCUT2D eigenvalue weighted by atomic mass is 9.76. The van der Waals surface area contributed by atoms with Crippen LogP contribution in [-0.2, 0) is 4.79 Å². The van der Waals surface area contributed by atoms with Crippen molar-refractivity contribution in [3.05, 3.63) is 0 Å². The molecule has 2 heterocycles. The molecule has 1 aromatic heterocycles. The number of aliphatic carboxylic acids is 1. The van der Waals surface area contributed by atoms with E-state index in [4.69, 9.17) is 0 Å². The molecule has 1 atom stereocenters. The number of aromatic nitrogens is 3. The van der Waals surface area contributed by atoms with Crippen LogP contribution in [0.2, 0.25) is 0 Å². The molecule has 9 heteroatoms. The second-order valence-corrected chi connectivity index (χ2v) is 5.62. The number of rotatable bonds is 3. The van der Waals surface area contributed by atoms with Crippen molar-refractivity contribution in [2.24, 2.45) is 11.3 Å². The number of carboxylic acids is 1. The molecule has 1 unspecified atom stereocenters. The van der Waals surface area contributed by atoms with Crippen LogP contribution in [0.4, 0.5) is 9.93 Å². The summed E-state index contributed by atoms with van der Waals surface area (Å²) >= 11 is 0.975. The second-order valence-electron chi connectivity index (χ2n) is 4.89. The molecule has 0 spiro atoms. The smallest absolute Gasteiger partial charge is 0.323 e. The first-order valence-electron chi connectivity index (χ1n) is 5.90. The molecule has 2 amide bonds. The minimum Gasteiger partial charge on any atom is -0.481 e. The molecule has 1 aliphatic rings. The van der Waals surface area contributed by atoms with E-state index in [2.05, 4.69) is 20.1 Å². The Morgan fingerprint density at radius 2 is 2.26 bits per heavy atom. The van der Waals surface area contributed by atoms with Crippen molar-refractivity contribution < 1.29 is 14.7 Å². The van der Waals surface area contributed by atoms with Crippen molar-refractivity contribution in [2.75, 3.05) is 18.4 Å². The number of carbonyl (C=O) groups excluding carboxylic acids is 1. The standard InChI is InChI=1S/C10H15N5O3S/c1-6(2)10(7(16)17)3-4-15(5-10)9(18)11-8-12-13-14-19-8/h6H,3-5H2,1-2H3,(H,16,17)(H,11,12,14,18). The van der Waals surface area contributed by atoms with E-state index in [0.29, 0.717) is 18.1 Å².